The van der Waals surface area contributed by atoms with Crippen LogP contribution in [0.3, 0.4) is 0 Å². The minimum atomic E-state index is -5.83. The molecule has 2 rings (SSSR count). The van der Waals surface area contributed by atoms with Gasteiger partial charge in [-0.25, -0.2) is 9.59 Å². The first-order chi connectivity index (χ1) is 9.58. The lowest BCUT2D eigenvalue weighted by molar-refractivity contribution is -0.0500. The van der Waals surface area contributed by atoms with Crippen molar-refractivity contribution < 1.29 is 35.4 Å². The molecule has 0 aromatic heterocycles. The standard InChI is InChI=1S/C11H8F3NO5S/c1-2-15-9(16)7-4-3-6(5-8(7)10(15)17)20-21(18,19)11(12,13)14/h3-5H,2H2,1H3/q+1. The van der Waals surface area contributed by atoms with Crippen molar-refractivity contribution in [2.75, 3.05) is 6.54 Å². The van der Waals surface area contributed by atoms with Crippen molar-refractivity contribution in [3.05, 3.63) is 29.3 Å². The average molecular weight is 323 g/mol. The maximum absolute atomic E-state index is 12.2. The van der Waals surface area contributed by atoms with Crippen LogP contribution >= 0.6 is 0 Å². The van der Waals surface area contributed by atoms with Crippen LogP contribution in [-0.2, 0) is 10.1 Å². The third-order valence-corrected chi connectivity index (χ3v) is 3.73. The number of rotatable bonds is 3. The van der Waals surface area contributed by atoms with Gasteiger partial charge >= 0.3 is 27.4 Å². The number of hydrogen-bond donors (Lipinski definition) is 0. The number of alkyl halides is 3. The number of imide groups is 1. The molecule has 1 aliphatic heterocycles. The molecule has 6 nitrogen and oxygen atoms in total. The monoisotopic (exact) mass is 323 g/mol. The van der Waals surface area contributed by atoms with Gasteiger partial charge in [-0.2, -0.15) is 21.6 Å². The van der Waals surface area contributed by atoms with Gasteiger partial charge in [0.15, 0.2) is 0 Å². The lowest BCUT2D eigenvalue weighted by atomic mass is 10.1. The number of fused-ring (bicyclic) bond motifs is 1. The second kappa shape index (κ2) is 4.81. The topological polar surface area (TPSA) is 83.4 Å². The van der Waals surface area contributed by atoms with Crippen LogP contribution in [0.4, 0.5) is 13.2 Å². The van der Waals surface area contributed by atoms with Crippen LogP contribution < -0.4 is 9.08 Å². The van der Waals surface area contributed by atoms with Gasteiger partial charge in [0.05, 0.1) is 0 Å². The van der Waals surface area contributed by atoms with Gasteiger partial charge in [-0.1, -0.05) is 0 Å². The van der Waals surface area contributed by atoms with E-state index in [4.69, 9.17) is 0 Å². The molecule has 113 valence electrons. The van der Waals surface area contributed by atoms with Crippen LogP contribution in [0, 0.1) is 0 Å². The molecule has 0 unspecified atom stereocenters. The van der Waals surface area contributed by atoms with E-state index in [9.17, 15) is 31.2 Å². The first-order valence-corrected chi connectivity index (χ1v) is 7.00. The zero-order valence-electron chi connectivity index (χ0n) is 10.5. The van der Waals surface area contributed by atoms with Gasteiger partial charge in [-0.15, -0.1) is 0 Å². The Balaban J connectivity index is 2.40. The van der Waals surface area contributed by atoms with Crippen molar-refractivity contribution in [3.63, 3.8) is 0 Å². The molecule has 0 saturated carbocycles. The Morgan fingerprint density at radius 3 is 2.24 bits per heavy atom. The minimum absolute atomic E-state index is 0.0152. The van der Waals surface area contributed by atoms with E-state index in [0.29, 0.717) is 0 Å². The second-order valence-corrected chi connectivity index (χ2v) is 5.58. The lowest BCUT2D eigenvalue weighted by Crippen LogP contribution is -2.35. The normalized spacial score (nSPS) is 16.2. The minimum Gasteiger partial charge on any atom is -0.376 e. The molecule has 0 aliphatic carbocycles. The highest BCUT2D eigenvalue weighted by atomic mass is 32.2. The van der Waals surface area contributed by atoms with Crippen LogP contribution in [0.5, 0.6) is 5.75 Å². The smallest absolute Gasteiger partial charge is 0.376 e. The number of nitrogens with zero attached hydrogens (tertiary/aromatic N) is 1. The third kappa shape index (κ3) is 2.51. The van der Waals surface area contributed by atoms with Crippen molar-refractivity contribution in [3.8, 4) is 5.75 Å². The summed E-state index contributed by atoms with van der Waals surface area (Å²) in [6.07, 6.45) is 0. The molecule has 1 heterocycles. The first-order valence-electron chi connectivity index (χ1n) is 5.59. The summed E-state index contributed by atoms with van der Waals surface area (Å²) >= 11 is 0. The summed E-state index contributed by atoms with van der Waals surface area (Å²) in [6, 6.07) is 2.73. The SMILES string of the molecule is CC[N+]1C(=O)c2ccc(OS(=O)(=O)C(F)(F)F)cc2C1=O. The quantitative estimate of drug-likeness (QED) is 0.363. The molecule has 0 atom stereocenters. The van der Waals surface area contributed by atoms with E-state index >= 15 is 0 Å². The van der Waals surface area contributed by atoms with Crippen molar-refractivity contribution in [2.24, 2.45) is 0 Å². The Labute approximate surface area is 117 Å². The maximum atomic E-state index is 12.2. The molecule has 0 N–H and O–H groups in total. The van der Waals surface area contributed by atoms with E-state index in [-0.39, 0.29) is 17.7 Å². The van der Waals surface area contributed by atoms with Crippen molar-refractivity contribution in [1.82, 2.24) is 4.90 Å². The number of carbonyl (C=O) groups is 2. The molecule has 10 heteroatoms. The molecule has 0 bridgehead atoms. The molecule has 1 aliphatic rings. The number of amides is 2. The fourth-order valence-corrected chi connectivity index (χ4v) is 2.23. The van der Waals surface area contributed by atoms with Crippen molar-refractivity contribution in [2.45, 2.75) is 12.4 Å². The summed E-state index contributed by atoms with van der Waals surface area (Å²) in [7, 11) is -5.83. The third-order valence-electron chi connectivity index (χ3n) is 2.75. The van der Waals surface area contributed by atoms with Gasteiger partial charge in [-0.3, -0.25) is 0 Å². The van der Waals surface area contributed by atoms with E-state index in [1.165, 1.54) is 0 Å². The molecule has 1 aromatic rings. The zero-order chi connectivity index (χ0) is 16.0. The van der Waals surface area contributed by atoms with Crippen LogP contribution in [0.1, 0.15) is 27.6 Å². The molecule has 2 amide bonds. The highest BCUT2D eigenvalue weighted by Gasteiger charge is 2.50. The van der Waals surface area contributed by atoms with Gasteiger partial charge in [-0.05, 0) is 24.0 Å². The van der Waals surface area contributed by atoms with Crippen molar-refractivity contribution in [1.29, 1.82) is 0 Å². The highest BCUT2D eigenvalue weighted by Crippen LogP contribution is 2.30. The Kier molecular flexibility index (Phi) is 3.54. The molecule has 1 radical (unpaired) electrons. The Morgan fingerprint density at radius 1 is 1.14 bits per heavy atom. The summed E-state index contributed by atoms with van der Waals surface area (Å²) < 4.78 is 62.3. The van der Waals surface area contributed by atoms with E-state index in [0.717, 1.165) is 23.1 Å². The van der Waals surface area contributed by atoms with E-state index < -0.39 is 33.2 Å². The maximum Gasteiger partial charge on any atom is 0.534 e. The predicted molar refractivity (Wildman–Crippen MR) is 63.4 cm³/mol. The lowest BCUT2D eigenvalue weighted by Gasteiger charge is -2.09. The summed E-state index contributed by atoms with van der Waals surface area (Å²) in [5, 5.41) is 0. The van der Waals surface area contributed by atoms with E-state index in [1.807, 2.05) is 0 Å². The molecular weight excluding hydrogens is 315 g/mol. The fraction of sp³-hybridized carbons (Fsp3) is 0.273. The Morgan fingerprint density at radius 2 is 1.71 bits per heavy atom. The summed E-state index contributed by atoms with van der Waals surface area (Å²) in [4.78, 5) is 24.5. The van der Waals surface area contributed by atoms with Gasteiger partial charge < -0.3 is 4.18 Å². The Bertz CT molecular complexity index is 726. The fourth-order valence-electron chi connectivity index (χ4n) is 1.78. The largest absolute Gasteiger partial charge is 0.534 e. The first kappa shape index (κ1) is 15.4. The van der Waals surface area contributed by atoms with Gasteiger partial charge in [0.1, 0.15) is 23.4 Å². The van der Waals surface area contributed by atoms with Crippen LogP contribution in [0.15, 0.2) is 18.2 Å². The van der Waals surface area contributed by atoms with Crippen LogP contribution in [0.2, 0.25) is 0 Å². The highest BCUT2D eigenvalue weighted by molar-refractivity contribution is 7.88. The van der Waals surface area contributed by atoms with Crippen LogP contribution in [0.25, 0.3) is 0 Å². The molecule has 0 spiro atoms. The average Bonchev–Trinajstić information content (AvgIpc) is 2.59. The number of halogens is 3. The molecular formula is C11H8F3NO5S+. The second-order valence-electron chi connectivity index (χ2n) is 4.05. The van der Waals surface area contributed by atoms with E-state index in [2.05, 4.69) is 4.18 Å². The van der Waals surface area contributed by atoms with Gasteiger partial charge in [0, 0.05) is 6.07 Å². The number of hydrogen-bond acceptors (Lipinski definition) is 5. The number of benzene rings is 1. The zero-order valence-corrected chi connectivity index (χ0v) is 11.3. The molecule has 21 heavy (non-hydrogen) atoms. The van der Waals surface area contributed by atoms with Gasteiger partial charge in [0.2, 0.25) is 0 Å². The number of carbonyl (C=O) groups excluding carboxylic acids is 2. The van der Waals surface area contributed by atoms with Crippen molar-refractivity contribution >= 4 is 21.9 Å². The predicted octanol–water partition coefficient (Wildman–Crippen LogP) is 1.37. The summed E-state index contributed by atoms with van der Waals surface area (Å²) in [5.74, 6) is -2.00. The summed E-state index contributed by atoms with van der Waals surface area (Å²) in [5.41, 5.74) is -5.79. The molecule has 0 fully saturated rings. The Hall–Kier alpha value is -1.94. The molecule has 0 saturated heterocycles. The van der Waals surface area contributed by atoms with Crippen LogP contribution in [-0.4, -0.2) is 32.3 Å². The molecule has 1 aromatic carbocycles. The summed E-state index contributed by atoms with van der Waals surface area (Å²) in [6.45, 7) is 1.64. The van der Waals surface area contributed by atoms with Gasteiger partial charge in [0.25, 0.3) is 0 Å². The van der Waals surface area contributed by atoms with E-state index in [1.54, 1.807) is 6.92 Å².